The van der Waals surface area contributed by atoms with E-state index in [4.69, 9.17) is 5.11 Å². The van der Waals surface area contributed by atoms with Crippen molar-refractivity contribution in [1.29, 1.82) is 0 Å². The summed E-state index contributed by atoms with van der Waals surface area (Å²) in [7, 11) is 0. The number of aliphatic carboxylic acids is 1. The zero-order valence-corrected chi connectivity index (χ0v) is 13.0. The fourth-order valence-corrected chi connectivity index (χ4v) is 3.89. The molecule has 3 heterocycles. The number of thiazole rings is 1. The molecule has 0 spiro atoms. The molecule has 21 heavy (non-hydrogen) atoms. The van der Waals surface area contributed by atoms with E-state index in [-0.39, 0.29) is 11.3 Å². The molecule has 6 nitrogen and oxygen atoms in total. The number of thiophene rings is 1. The van der Waals surface area contributed by atoms with Gasteiger partial charge >= 0.3 is 5.97 Å². The zero-order valence-electron chi connectivity index (χ0n) is 10.6. The second-order valence-electron chi connectivity index (χ2n) is 4.08. The number of hydrogen-bond acceptors (Lipinski definition) is 7. The lowest BCUT2D eigenvalue weighted by molar-refractivity contribution is -0.133. The van der Waals surface area contributed by atoms with Gasteiger partial charge in [0.1, 0.15) is 4.83 Å². The summed E-state index contributed by atoms with van der Waals surface area (Å²) in [6, 6.07) is 1.74. The van der Waals surface area contributed by atoms with Crippen LogP contribution in [-0.2, 0) is 11.3 Å². The molecule has 3 aromatic heterocycles. The molecule has 0 radical (unpaired) electrons. The molecule has 9 heteroatoms. The van der Waals surface area contributed by atoms with Crippen LogP contribution in [0.4, 0.5) is 0 Å². The molecule has 0 atom stereocenters. The molecular formula is C12H9N3O3S3. The first-order valence-electron chi connectivity index (χ1n) is 5.85. The van der Waals surface area contributed by atoms with Crippen molar-refractivity contribution in [1.82, 2.24) is 14.5 Å². The fraction of sp³-hybridized carbons (Fsp3) is 0.167. The smallest absolute Gasteiger partial charge is 0.313 e. The van der Waals surface area contributed by atoms with Gasteiger partial charge in [0.15, 0.2) is 5.16 Å². The van der Waals surface area contributed by atoms with Crippen molar-refractivity contribution in [3.05, 3.63) is 38.4 Å². The van der Waals surface area contributed by atoms with Crippen LogP contribution < -0.4 is 5.56 Å². The predicted molar refractivity (Wildman–Crippen MR) is 83.5 cm³/mol. The average Bonchev–Trinajstić information content (AvgIpc) is 3.11. The number of nitrogens with zero attached hydrogens (tertiary/aromatic N) is 3. The van der Waals surface area contributed by atoms with Crippen LogP contribution in [0.2, 0.25) is 0 Å². The third kappa shape index (κ3) is 2.99. The van der Waals surface area contributed by atoms with Crippen molar-refractivity contribution in [3.8, 4) is 0 Å². The Bertz CT molecular complexity index is 838. The van der Waals surface area contributed by atoms with Crippen LogP contribution in [0.15, 0.2) is 33.1 Å². The maximum absolute atomic E-state index is 12.5. The molecule has 0 fully saturated rings. The summed E-state index contributed by atoms with van der Waals surface area (Å²) < 4.78 is 1.51. The van der Waals surface area contributed by atoms with Crippen molar-refractivity contribution < 1.29 is 9.90 Å². The topological polar surface area (TPSA) is 85.1 Å². The standard InChI is InChI=1S/C12H9N3O3S3/c16-9(17)5-20-12-14-10-8(1-2-19-10)11(18)15(12)4-7-3-13-6-21-7/h1-3,6H,4-5H2,(H,16,17). The van der Waals surface area contributed by atoms with Crippen LogP contribution in [0.25, 0.3) is 10.2 Å². The largest absolute Gasteiger partial charge is 0.481 e. The third-order valence-electron chi connectivity index (χ3n) is 2.67. The minimum atomic E-state index is -0.940. The Labute approximate surface area is 131 Å². The molecule has 0 bridgehead atoms. The molecule has 0 saturated heterocycles. The van der Waals surface area contributed by atoms with Gasteiger partial charge in [-0.25, -0.2) is 4.98 Å². The quantitative estimate of drug-likeness (QED) is 0.566. The van der Waals surface area contributed by atoms with Crippen LogP contribution in [-0.4, -0.2) is 31.4 Å². The van der Waals surface area contributed by atoms with Gasteiger partial charge < -0.3 is 5.11 Å². The third-order valence-corrected chi connectivity index (χ3v) is 5.20. The van der Waals surface area contributed by atoms with Gasteiger partial charge in [0.2, 0.25) is 0 Å². The Morgan fingerprint density at radius 3 is 3.00 bits per heavy atom. The van der Waals surface area contributed by atoms with Gasteiger partial charge in [0.05, 0.1) is 23.2 Å². The summed E-state index contributed by atoms with van der Waals surface area (Å²) in [6.45, 7) is 0.351. The predicted octanol–water partition coefficient (Wildman–Crippen LogP) is 2.14. The molecule has 0 aliphatic carbocycles. The van der Waals surface area contributed by atoms with E-state index in [9.17, 15) is 9.59 Å². The number of carbonyl (C=O) groups is 1. The van der Waals surface area contributed by atoms with E-state index in [1.807, 2.05) is 5.38 Å². The molecule has 0 saturated carbocycles. The molecule has 0 aliphatic rings. The summed E-state index contributed by atoms with van der Waals surface area (Å²) in [5.74, 6) is -1.07. The summed E-state index contributed by atoms with van der Waals surface area (Å²) in [5, 5.41) is 11.6. The molecule has 3 rings (SSSR count). The van der Waals surface area contributed by atoms with E-state index >= 15 is 0 Å². The van der Waals surface area contributed by atoms with Crippen molar-refractivity contribution >= 4 is 50.6 Å². The summed E-state index contributed by atoms with van der Waals surface area (Å²) >= 11 is 3.87. The first-order valence-corrected chi connectivity index (χ1v) is 8.59. The lowest BCUT2D eigenvalue weighted by atomic mass is 10.4. The fourth-order valence-electron chi connectivity index (χ4n) is 1.78. The number of fused-ring (bicyclic) bond motifs is 1. The number of aromatic nitrogens is 3. The molecular weight excluding hydrogens is 330 g/mol. The molecule has 0 aliphatic heterocycles. The summed E-state index contributed by atoms with van der Waals surface area (Å²) in [4.78, 5) is 33.2. The van der Waals surface area contributed by atoms with Crippen molar-refractivity contribution in [2.75, 3.05) is 5.75 Å². The van der Waals surface area contributed by atoms with Crippen LogP contribution >= 0.6 is 34.4 Å². The Morgan fingerprint density at radius 1 is 1.43 bits per heavy atom. The zero-order chi connectivity index (χ0) is 14.8. The van der Waals surface area contributed by atoms with Crippen LogP contribution in [0, 0.1) is 0 Å². The Morgan fingerprint density at radius 2 is 2.29 bits per heavy atom. The van der Waals surface area contributed by atoms with Crippen molar-refractivity contribution in [3.63, 3.8) is 0 Å². The second-order valence-corrected chi connectivity index (χ2v) is 6.88. The number of thioether (sulfide) groups is 1. The van der Waals surface area contributed by atoms with Gasteiger partial charge in [-0.15, -0.1) is 22.7 Å². The van der Waals surface area contributed by atoms with E-state index in [0.29, 0.717) is 21.9 Å². The SMILES string of the molecule is O=C(O)CSc1nc2sccc2c(=O)n1Cc1cncs1. The van der Waals surface area contributed by atoms with Gasteiger partial charge in [-0.1, -0.05) is 11.8 Å². The summed E-state index contributed by atoms with van der Waals surface area (Å²) in [6.07, 6.45) is 1.70. The lowest BCUT2D eigenvalue weighted by Gasteiger charge is -2.09. The number of rotatable bonds is 5. The maximum atomic E-state index is 12.5. The average molecular weight is 339 g/mol. The number of carboxylic acids is 1. The molecule has 0 amide bonds. The van der Waals surface area contributed by atoms with Gasteiger partial charge in [-0.3, -0.25) is 19.1 Å². The minimum absolute atomic E-state index is 0.133. The normalized spacial score (nSPS) is 11.0. The lowest BCUT2D eigenvalue weighted by Crippen LogP contribution is -2.23. The van der Waals surface area contributed by atoms with E-state index in [0.717, 1.165) is 16.6 Å². The first kappa shape index (κ1) is 14.2. The van der Waals surface area contributed by atoms with Crippen LogP contribution in [0.5, 0.6) is 0 Å². The highest BCUT2D eigenvalue weighted by molar-refractivity contribution is 7.99. The minimum Gasteiger partial charge on any atom is -0.481 e. The molecule has 3 aromatic rings. The van der Waals surface area contributed by atoms with Crippen molar-refractivity contribution in [2.24, 2.45) is 0 Å². The maximum Gasteiger partial charge on any atom is 0.313 e. The Kier molecular flexibility index (Phi) is 4.04. The van der Waals surface area contributed by atoms with E-state index in [2.05, 4.69) is 9.97 Å². The highest BCUT2D eigenvalue weighted by Crippen LogP contribution is 2.22. The Balaban J connectivity index is 2.08. The van der Waals surface area contributed by atoms with E-state index < -0.39 is 5.97 Å². The van der Waals surface area contributed by atoms with Gasteiger partial charge in [-0.05, 0) is 11.4 Å². The van der Waals surface area contributed by atoms with Gasteiger partial charge in [0, 0.05) is 11.1 Å². The van der Waals surface area contributed by atoms with Crippen molar-refractivity contribution in [2.45, 2.75) is 11.7 Å². The highest BCUT2D eigenvalue weighted by Gasteiger charge is 2.14. The monoisotopic (exact) mass is 339 g/mol. The molecule has 1 N–H and O–H groups in total. The van der Waals surface area contributed by atoms with Crippen LogP contribution in [0.3, 0.4) is 0 Å². The van der Waals surface area contributed by atoms with Gasteiger partial charge in [-0.2, -0.15) is 0 Å². The second kappa shape index (κ2) is 5.96. The van der Waals surface area contributed by atoms with Crippen LogP contribution in [0.1, 0.15) is 4.88 Å². The highest BCUT2D eigenvalue weighted by atomic mass is 32.2. The molecule has 0 aromatic carbocycles. The number of carboxylic acid groups (broad SMARTS) is 1. The molecule has 0 unspecified atom stereocenters. The molecule has 108 valence electrons. The van der Waals surface area contributed by atoms with E-state index in [1.165, 1.54) is 27.2 Å². The summed E-state index contributed by atoms with van der Waals surface area (Å²) in [5.41, 5.74) is 1.54. The van der Waals surface area contributed by atoms with Gasteiger partial charge in [0.25, 0.3) is 5.56 Å². The number of hydrogen-bond donors (Lipinski definition) is 1. The van der Waals surface area contributed by atoms with E-state index in [1.54, 1.807) is 17.8 Å². The Hall–Kier alpha value is -1.71. The first-order chi connectivity index (χ1) is 10.1.